The van der Waals surface area contributed by atoms with Gasteiger partial charge in [-0.15, -0.1) is 0 Å². The average molecular weight is 299 g/mol. The largest absolute Gasteiger partial charge is 0.547 e. The normalized spacial score (nSPS) is 14.4. The molecule has 0 saturated carbocycles. The van der Waals surface area contributed by atoms with Crippen LogP contribution in [0.1, 0.15) is 78.6 Å². The summed E-state index contributed by atoms with van der Waals surface area (Å²) in [6.45, 7) is 13.6. The molecule has 0 radical (unpaired) electrons. The number of rotatable bonds is 12. The van der Waals surface area contributed by atoms with E-state index in [1.807, 2.05) is 0 Å². The fourth-order valence-corrected chi connectivity index (χ4v) is 3.24. The first kappa shape index (κ1) is 19.8. The predicted octanol–water partition coefficient (Wildman–Crippen LogP) is 6.91. The summed E-state index contributed by atoms with van der Waals surface area (Å²) in [4.78, 5) is 0. The van der Waals surface area contributed by atoms with Gasteiger partial charge < -0.3 is 4.43 Å². The van der Waals surface area contributed by atoms with Gasteiger partial charge in [0, 0.05) is 5.92 Å². The van der Waals surface area contributed by atoms with E-state index in [4.69, 9.17) is 4.43 Å². The average Bonchev–Trinajstić information content (AvgIpc) is 2.38. The fourth-order valence-electron chi connectivity index (χ4n) is 2.24. The summed E-state index contributed by atoms with van der Waals surface area (Å²) in [6.07, 6.45) is 14.4. The van der Waals surface area contributed by atoms with Gasteiger partial charge >= 0.3 is 0 Å². The van der Waals surface area contributed by atoms with Gasteiger partial charge in [-0.1, -0.05) is 59.3 Å². The highest BCUT2D eigenvalue weighted by molar-refractivity contribution is 6.70. The van der Waals surface area contributed by atoms with Crippen LogP contribution in [0.3, 0.4) is 0 Å². The Hall–Kier alpha value is -0.243. The van der Waals surface area contributed by atoms with Crippen LogP contribution in [0.4, 0.5) is 0 Å². The lowest BCUT2D eigenvalue weighted by molar-refractivity contribution is 0.345. The lowest BCUT2D eigenvalue weighted by Crippen LogP contribution is -2.26. The minimum absolute atomic E-state index is 0.575. The minimum atomic E-state index is -1.46. The Balaban J connectivity index is 3.96. The molecule has 0 aliphatic heterocycles. The van der Waals surface area contributed by atoms with Crippen LogP contribution in [0.2, 0.25) is 19.6 Å². The summed E-state index contributed by atoms with van der Waals surface area (Å²) in [5.41, 5.74) is 0. The molecule has 0 aromatic heterocycles. The molecule has 1 unspecified atom stereocenters. The van der Waals surface area contributed by atoms with Crippen molar-refractivity contribution in [2.24, 2.45) is 5.92 Å². The molecule has 1 nitrogen and oxygen atoms in total. The van der Waals surface area contributed by atoms with Crippen molar-refractivity contribution in [1.29, 1.82) is 0 Å². The third kappa shape index (κ3) is 11.6. The van der Waals surface area contributed by atoms with Gasteiger partial charge in [0.05, 0.1) is 5.76 Å². The minimum Gasteiger partial charge on any atom is -0.547 e. The SMILES string of the molecule is CCCCCCCCC/C=C(\O[Si](C)(C)C)C(C)CC. The van der Waals surface area contributed by atoms with Crippen molar-refractivity contribution in [2.45, 2.75) is 98.2 Å². The van der Waals surface area contributed by atoms with E-state index in [1.54, 1.807) is 0 Å². The zero-order chi connectivity index (χ0) is 15.4. The standard InChI is InChI=1S/C18H38OSi/c1-7-9-10-11-12-13-14-15-16-18(17(3)8-2)19-20(4,5)6/h16-17H,7-15H2,1-6H3/b18-16-. The predicted molar refractivity (Wildman–Crippen MR) is 94.6 cm³/mol. The third-order valence-electron chi connectivity index (χ3n) is 3.68. The van der Waals surface area contributed by atoms with E-state index in [0.717, 1.165) is 0 Å². The van der Waals surface area contributed by atoms with Crippen molar-refractivity contribution in [1.82, 2.24) is 0 Å². The molecular formula is C18H38OSi. The molecule has 0 N–H and O–H groups in total. The first-order chi connectivity index (χ1) is 9.40. The first-order valence-electron chi connectivity index (χ1n) is 8.79. The highest BCUT2D eigenvalue weighted by atomic mass is 28.4. The van der Waals surface area contributed by atoms with Gasteiger partial charge in [-0.2, -0.15) is 0 Å². The summed E-state index contributed by atoms with van der Waals surface area (Å²) in [5, 5.41) is 0. The number of hydrogen-bond donors (Lipinski definition) is 0. The fraction of sp³-hybridized carbons (Fsp3) is 0.889. The maximum absolute atomic E-state index is 6.25. The molecule has 120 valence electrons. The maximum Gasteiger partial charge on any atom is 0.241 e. The Morgan fingerprint density at radius 2 is 1.50 bits per heavy atom. The van der Waals surface area contributed by atoms with Crippen LogP contribution in [-0.4, -0.2) is 8.32 Å². The van der Waals surface area contributed by atoms with E-state index in [-0.39, 0.29) is 0 Å². The Kier molecular flexibility index (Phi) is 11.3. The van der Waals surface area contributed by atoms with Crippen molar-refractivity contribution in [2.75, 3.05) is 0 Å². The molecule has 2 heteroatoms. The summed E-state index contributed by atoms with van der Waals surface area (Å²) in [5.74, 6) is 1.84. The molecule has 0 rings (SSSR count). The van der Waals surface area contributed by atoms with E-state index in [9.17, 15) is 0 Å². The van der Waals surface area contributed by atoms with Gasteiger partial charge in [-0.05, 0) is 45.0 Å². The van der Waals surface area contributed by atoms with E-state index in [1.165, 1.54) is 63.5 Å². The van der Waals surface area contributed by atoms with Crippen LogP contribution >= 0.6 is 0 Å². The quantitative estimate of drug-likeness (QED) is 0.216. The summed E-state index contributed by atoms with van der Waals surface area (Å²) >= 11 is 0. The smallest absolute Gasteiger partial charge is 0.241 e. The molecule has 0 saturated heterocycles. The highest BCUT2D eigenvalue weighted by Crippen LogP contribution is 2.22. The molecule has 0 bridgehead atoms. The van der Waals surface area contributed by atoms with Crippen LogP contribution < -0.4 is 0 Å². The van der Waals surface area contributed by atoms with Crippen molar-refractivity contribution in [3.8, 4) is 0 Å². The second-order valence-electron chi connectivity index (χ2n) is 7.04. The maximum atomic E-state index is 6.25. The van der Waals surface area contributed by atoms with Crippen LogP contribution in [0.5, 0.6) is 0 Å². The first-order valence-corrected chi connectivity index (χ1v) is 12.2. The van der Waals surface area contributed by atoms with E-state index in [0.29, 0.717) is 5.92 Å². The number of allylic oxidation sites excluding steroid dienone is 2. The van der Waals surface area contributed by atoms with Gasteiger partial charge in [0.1, 0.15) is 0 Å². The van der Waals surface area contributed by atoms with Crippen molar-refractivity contribution >= 4 is 8.32 Å². The van der Waals surface area contributed by atoms with Crippen LogP contribution in [0.25, 0.3) is 0 Å². The van der Waals surface area contributed by atoms with E-state index >= 15 is 0 Å². The molecule has 20 heavy (non-hydrogen) atoms. The Morgan fingerprint density at radius 3 is 2.00 bits per heavy atom. The molecule has 0 aromatic carbocycles. The number of unbranched alkanes of at least 4 members (excludes halogenated alkanes) is 7. The summed E-state index contributed by atoms with van der Waals surface area (Å²) in [6, 6.07) is 0. The molecule has 0 spiro atoms. The molecule has 0 fully saturated rings. The zero-order valence-corrected chi connectivity index (χ0v) is 15.9. The lowest BCUT2D eigenvalue weighted by Gasteiger charge is -2.25. The monoisotopic (exact) mass is 298 g/mol. The van der Waals surface area contributed by atoms with E-state index in [2.05, 4.69) is 46.5 Å². The topological polar surface area (TPSA) is 9.23 Å². The Bertz CT molecular complexity index is 253. The molecular weight excluding hydrogens is 260 g/mol. The summed E-state index contributed by atoms with van der Waals surface area (Å²) in [7, 11) is -1.46. The van der Waals surface area contributed by atoms with Crippen LogP contribution in [-0.2, 0) is 4.43 Å². The van der Waals surface area contributed by atoms with Crippen molar-refractivity contribution in [3.63, 3.8) is 0 Å². The van der Waals surface area contributed by atoms with Gasteiger partial charge in [0.25, 0.3) is 0 Å². The van der Waals surface area contributed by atoms with Crippen LogP contribution in [0.15, 0.2) is 11.8 Å². The van der Waals surface area contributed by atoms with Gasteiger partial charge in [-0.3, -0.25) is 0 Å². The van der Waals surface area contributed by atoms with Crippen LogP contribution in [0, 0.1) is 5.92 Å². The highest BCUT2D eigenvalue weighted by Gasteiger charge is 2.19. The summed E-state index contributed by atoms with van der Waals surface area (Å²) < 4.78 is 6.25. The lowest BCUT2D eigenvalue weighted by atomic mass is 10.0. The second-order valence-corrected chi connectivity index (χ2v) is 11.5. The van der Waals surface area contributed by atoms with Gasteiger partial charge in [0.2, 0.25) is 8.32 Å². The molecule has 0 heterocycles. The Morgan fingerprint density at radius 1 is 0.950 bits per heavy atom. The third-order valence-corrected chi connectivity index (χ3v) is 4.52. The molecule has 0 aliphatic rings. The van der Waals surface area contributed by atoms with Crippen molar-refractivity contribution < 1.29 is 4.43 Å². The number of hydrogen-bond acceptors (Lipinski definition) is 1. The van der Waals surface area contributed by atoms with Crippen molar-refractivity contribution in [3.05, 3.63) is 11.8 Å². The zero-order valence-electron chi connectivity index (χ0n) is 14.9. The van der Waals surface area contributed by atoms with Gasteiger partial charge in [0.15, 0.2) is 0 Å². The van der Waals surface area contributed by atoms with Gasteiger partial charge in [-0.25, -0.2) is 0 Å². The molecule has 0 amide bonds. The molecule has 0 aliphatic carbocycles. The Labute approximate surface area is 129 Å². The molecule has 0 aromatic rings. The van der Waals surface area contributed by atoms with E-state index < -0.39 is 8.32 Å². The molecule has 1 atom stereocenters. The second kappa shape index (κ2) is 11.4.